The van der Waals surface area contributed by atoms with Crippen LogP contribution in [0.4, 0.5) is 22.2 Å². The van der Waals surface area contributed by atoms with Gasteiger partial charge in [0.1, 0.15) is 17.2 Å². The van der Waals surface area contributed by atoms with Gasteiger partial charge in [0.2, 0.25) is 0 Å². The smallest absolute Gasteiger partial charge is 0.416 e. The van der Waals surface area contributed by atoms with E-state index in [4.69, 9.17) is 4.74 Å². The van der Waals surface area contributed by atoms with Crippen molar-refractivity contribution in [2.75, 3.05) is 41.3 Å². The van der Waals surface area contributed by atoms with Gasteiger partial charge in [-0.25, -0.2) is 9.78 Å². The third-order valence-electron chi connectivity index (χ3n) is 6.57. The molecule has 166 valence electrons. The van der Waals surface area contributed by atoms with Crippen LogP contribution >= 0.6 is 12.4 Å². The van der Waals surface area contributed by atoms with Crippen LogP contribution in [0, 0.1) is 5.92 Å². The Kier molecular flexibility index (Phi) is 6.46. The minimum absolute atomic E-state index is 0. The lowest BCUT2D eigenvalue weighted by atomic mass is 9.78. The summed E-state index contributed by atoms with van der Waals surface area (Å²) in [7, 11) is 0. The number of amides is 1. The molecule has 0 atom stereocenters. The highest BCUT2D eigenvalue weighted by Gasteiger charge is 2.47. The summed E-state index contributed by atoms with van der Waals surface area (Å²) >= 11 is 0. The first-order valence-electron chi connectivity index (χ1n) is 10.9. The third-order valence-corrected chi connectivity index (χ3v) is 6.57. The number of anilines is 3. The van der Waals surface area contributed by atoms with Crippen molar-refractivity contribution >= 4 is 36.0 Å². The Morgan fingerprint density at radius 2 is 1.87 bits per heavy atom. The normalized spacial score (nSPS) is 25.4. The molecule has 2 aliphatic heterocycles. The van der Waals surface area contributed by atoms with Crippen molar-refractivity contribution in [1.29, 1.82) is 0 Å². The number of pyridine rings is 1. The molecule has 4 heterocycles. The number of nitrogens with one attached hydrogen (secondary N) is 1. The number of halogens is 1. The topological polar surface area (TPSA) is 83.5 Å². The first kappa shape index (κ1) is 21.6. The Bertz CT molecular complexity index is 867. The fourth-order valence-corrected chi connectivity index (χ4v) is 4.76. The quantitative estimate of drug-likeness (QED) is 0.748. The number of carbonyl (C=O) groups is 1. The van der Waals surface area contributed by atoms with Gasteiger partial charge in [-0.1, -0.05) is 6.07 Å². The predicted octanol–water partition coefficient (Wildman–Crippen LogP) is 3.89. The number of rotatable bonds is 5. The highest BCUT2D eigenvalue weighted by atomic mass is 35.5. The molecule has 8 nitrogen and oxygen atoms in total. The van der Waals surface area contributed by atoms with Crippen molar-refractivity contribution in [3.05, 3.63) is 36.5 Å². The molecule has 1 aliphatic carbocycles. The fourth-order valence-electron chi connectivity index (χ4n) is 4.76. The monoisotopic (exact) mass is 444 g/mol. The Morgan fingerprint density at radius 3 is 2.55 bits per heavy atom. The molecule has 1 spiro atoms. The number of hydrogen-bond donors (Lipinski definition) is 1. The lowest BCUT2D eigenvalue weighted by Crippen LogP contribution is -2.39. The van der Waals surface area contributed by atoms with E-state index in [1.54, 1.807) is 11.1 Å². The molecule has 3 aliphatic rings. The molecule has 9 heteroatoms. The van der Waals surface area contributed by atoms with Gasteiger partial charge in [-0.2, -0.15) is 0 Å². The molecular formula is C22H29ClN6O2. The SMILES string of the molecule is Cl.O=C1OC2(CCC(CNc3ccc(N4CCCC4)nn3)CC2)CN1c1ccccn1. The van der Waals surface area contributed by atoms with Crippen LogP contribution in [-0.2, 0) is 4.74 Å². The summed E-state index contributed by atoms with van der Waals surface area (Å²) in [5, 5.41) is 12.2. The Balaban J connectivity index is 0.00000231. The number of hydrogen-bond acceptors (Lipinski definition) is 7. The zero-order valence-electron chi connectivity index (χ0n) is 17.6. The second-order valence-corrected chi connectivity index (χ2v) is 8.62. The van der Waals surface area contributed by atoms with Gasteiger partial charge >= 0.3 is 6.09 Å². The zero-order chi connectivity index (χ0) is 20.4. The lowest BCUT2D eigenvalue weighted by molar-refractivity contribution is 0.0148. The molecule has 0 unspecified atom stereocenters. The second kappa shape index (κ2) is 9.26. The number of ether oxygens (including phenoxy) is 1. The Hall–Kier alpha value is -2.61. The van der Waals surface area contributed by atoms with Crippen molar-refractivity contribution in [3.63, 3.8) is 0 Å². The zero-order valence-corrected chi connectivity index (χ0v) is 18.4. The van der Waals surface area contributed by atoms with Crippen LogP contribution in [0.25, 0.3) is 0 Å². The van der Waals surface area contributed by atoms with E-state index in [2.05, 4.69) is 31.5 Å². The molecule has 0 bridgehead atoms. The van der Waals surface area contributed by atoms with Crippen LogP contribution in [0.5, 0.6) is 0 Å². The molecule has 2 saturated heterocycles. The molecule has 1 N–H and O–H groups in total. The van der Waals surface area contributed by atoms with Gasteiger partial charge in [-0.3, -0.25) is 4.90 Å². The van der Waals surface area contributed by atoms with Crippen molar-refractivity contribution < 1.29 is 9.53 Å². The maximum absolute atomic E-state index is 12.4. The molecule has 2 aromatic heterocycles. The number of carbonyl (C=O) groups excluding carboxylic acids is 1. The van der Waals surface area contributed by atoms with E-state index in [1.807, 2.05) is 24.3 Å². The predicted molar refractivity (Wildman–Crippen MR) is 122 cm³/mol. The molecule has 0 radical (unpaired) electrons. The van der Waals surface area contributed by atoms with E-state index < -0.39 is 0 Å². The van der Waals surface area contributed by atoms with Gasteiger partial charge < -0.3 is 15.0 Å². The van der Waals surface area contributed by atoms with E-state index in [9.17, 15) is 4.79 Å². The fraction of sp³-hybridized carbons (Fsp3) is 0.545. The van der Waals surface area contributed by atoms with Gasteiger partial charge in [-0.05, 0) is 68.7 Å². The van der Waals surface area contributed by atoms with Crippen LogP contribution in [-0.4, -0.2) is 53.1 Å². The Morgan fingerprint density at radius 1 is 1.06 bits per heavy atom. The maximum Gasteiger partial charge on any atom is 0.416 e. The van der Waals surface area contributed by atoms with E-state index >= 15 is 0 Å². The summed E-state index contributed by atoms with van der Waals surface area (Å²) in [6, 6.07) is 9.67. The standard InChI is InChI=1S/C22H28N6O2.ClH/c29-21-28(19-5-1-2-12-23-19)16-22(30-21)10-8-17(9-11-22)15-24-18-6-7-20(26-25-18)27-13-3-4-14-27;/h1-2,5-7,12,17H,3-4,8-11,13-16H2,(H,24,25);1H. The van der Waals surface area contributed by atoms with Crippen molar-refractivity contribution in [3.8, 4) is 0 Å². The first-order chi connectivity index (χ1) is 14.7. The summed E-state index contributed by atoms with van der Waals surface area (Å²) in [5.41, 5.74) is -0.373. The molecule has 1 saturated carbocycles. The molecule has 5 rings (SSSR count). The minimum atomic E-state index is -0.373. The maximum atomic E-state index is 12.4. The highest BCUT2D eigenvalue weighted by Crippen LogP contribution is 2.40. The van der Waals surface area contributed by atoms with Gasteiger partial charge in [-0.15, -0.1) is 22.6 Å². The molecule has 1 amide bonds. The molecule has 2 aromatic rings. The molecular weight excluding hydrogens is 416 g/mol. The first-order valence-corrected chi connectivity index (χ1v) is 10.9. The van der Waals surface area contributed by atoms with Crippen LogP contribution < -0.4 is 15.1 Å². The summed E-state index contributed by atoms with van der Waals surface area (Å²) in [5.74, 6) is 3.00. The van der Waals surface area contributed by atoms with Crippen molar-refractivity contribution in [2.24, 2.45) is 5.92 Å². The molecule has 3 fully saturated rings. The van der Waals surface area contributed by atoms with E-state index in [0.717, 1.165) is 57.0 Å². The van der Waals surface area contributed by atoms with Crippen LogP contribution in [0.1, 0.15) is 38.5 Å². The summed E-state index contributed by atoms with van der Waals surface area (Å²) in [6.07, 6.45) is 7.71. The van der Waals surface area contributed by atoms with Gasteiger partial charge in [0.25, 0.3) is 0 Å². The van der Waals surface area contributed by atoms with E-state index in [-0.39, 0.29) is 24.1 Å². The highest BCUT2D eigenvalue weighted by molar-refractivity contribution is 5.89. The van der Waals surface area contributed by atoms with Gasteiger partial charge in [0.15, 0.2) is 5.82 Å². The molecule has 0 aromatic carbocycles. The summed E-state index contributed by atoms with van der Waals surface area (Å²) < 4.78 is 5.83. The van der Waals surface area contributed by atoms with Crippen LogP contribution in [0.15, 0.2) is 36.5 Å². The second-order valence-electron chi connectivity index (χ2n) is 8.62. The van der Waals surface area contributed by atoms with Crippen LogP contribution in [0.3, 0.4) is 0 Å². The lowest BCUT2D eigenvalue weighted by Gasteiger charge is -2.35. The summed E-state index contributed by atoms with van der Waals surface area (Å²) in [6.45, 7) is 3.61. The minimum Gasteiger partial charge on any atom is -0.441 e. The average Bonchev–Trinajstić information content (AvgIpc) is 3.43. The van der Waals surface area contributed by atoms with Crippen LogP contribution in [0.2, 0.25) is 0 Å². The van der Waals surface area contributed by atoms with Gasteiger partial charge in [0.05, 0.1) is 6.54 Å². The summed E-state index contributed by atoms with van der Waals surface area (Å²) in [4.78, 5) is 20.6. The van der Waals surface area contributed by atoms with Gasteiger partial charge in [0, 0.05) is 25.8 Å². The largest absolute Gasteiger partial charge is 0.441 e. The van der Waals surface area contributed by atoms with E-state index in [1.165, 1.54) is 12.8 Å². The number of aromatic nitrogens is 3. The Labute approximate surface area is 188 Å². The molecule has 31 heavy (non-hydrogen) atoms. The number of nitrogens with zero attached hydrogens (tertiary/aromatic N) is 5. The third kappa shape index (κ3) is 4.69. The van der Waals surface area contributed by atoms with Crippen molar-refractivity contribution in [2.45, 2.75) is 44.1 Å². The van der Waals surface area contributed by atoms with Crippen molar-refractivity contribution in [1.82, 2.24) is 15.2 Å². The average molecular weight is 445 g/mol. The van der Waals surface area contributed by atoms with E-state index in [0.29, 0.717) is 18.3 Å².